The van der Waals surface area contributed by atoms with Gasteiger partial charge in [-0.1, -0.05) is 26.8 Å². The lowest BCUT2D eigenvalue weighted by Crippen LogP contribution is -2.44. The van der Waals surface area contributed by atoms with Crippen LogP contribution in [0.15, 0.2) is 41.3 Å². The van der Waals surface area contributed by atoms with E-state index >= 15 is 0 Å². The number of halogens is 4. The van der Waals surface area contributed by atoms with Crippen LogP contribution in [-0.4, -0.2) is 59.5 Å². The lowest BCUT2D eigenvalue weighted by Gasteiger charge is -2.36. The molecule has 14 heteroatoms. The summed E-state index contributed by atoms with van der Waals surface area (Å²) in [4.78, 5) is 23.9. The number of fused-ring (bicyclic) bond motifs is 1. The summed E-state index contributed by atoms with van der Waals surface area (Å²) in [5, 5.41) is 0. The van der Waals surface area contributed by atoms with Crippen LogP contribution in [-0.2, 0) is 35.5 Å². The van der Waals surface area contributed by atoms with Gasteiger partial charge in [-0.2, -0.15) is 13.2 Å². The van der Waals surface area contributed by atoms with E-state index in [0.717, 1.165) is 22.5 Å². The Bertz CT molecular complexity index is 1370. The Morgan fingerprint density at radius 3 is 2.34 bits per heavy atom. The van der Waals surface area contributed by atoms with Gasteiger partial charge in [0.1, 0.15) is 11.9 Å². The second-order valence-corrected chi connectivity index (χ2v) is 12.3. The molecular weight excluding hydrogens is 574 g/mol. The molecule has 1 aliphatic heterocycles. The van der Waals surface area contributed by atoms with Gasteiger partial charge in [0.15, 0.2) is 11.6 Å². The molecule has 41 heavy (non-hydrogen) atoms. The largest absolute Gasteiger partial charge is 0.494 e. The van der Waals surface area contributed by atoms with Gasteiger partial charge in [0.05, 0.1) is 37.8 Å². The molecule has 1 heterocycles. The van der Waals surface area contributed by atoms with E-state index in [-0.39, 0.29) is 47.0 Å². The minimum atomic E-state index is -4.79. The molecular formula is C27H31F4NO8S. The molecule has 1 aliphatic rings. The number of ether oxygens (including phenoxy) is 4. The maximum atomic E-state index is 14.0. The predicted octanol–water partition coefficient (Wildman–Crippen LogP) is 4.81. The summed E-state index contributed by atoms with van der Waals surface area (Å²) in [7, 11) is -1.99. The van der Waals surface area contributed by atoms with Gasteiger partial charge in [-0.3, -0.25) is 13.9 Å². The summed E-state index contributed by atoms with van der Waals surface area (Å²) in [5.74, 6) is -2.69. The number of hydrogen-bond donors (Lipinski definition) is 0. The fraction of sp³-hybridized carbons (Fsp3) is 0.481. The zero-order chi connectivity index (χ0) is 30.8. The molecule has 0 aliphatic carbocycles. The Morgan fingerprint density at radius 2 is 1.76 bits per heavy atom. The average molecular weight is 606 g/mol. The van der Waals surface area contributed by atoms with Gasteiger partial charge >= 0.3 is 18.1 Å². The van der Waals surface area contributed by atoms with Crippen LogP contribution < -0.4 is 13.8 Å². The van der Waals surface area contributed by atoms with Gasteiger partial charge in [0, 0.05) is 17.9 Å². The molecule has 0 saturated heterocycles. The lowest BCUT2D eigenvalue weighted by molar-refractivity contribution is -0.244. The average Bonchev–Trinajstić information content (AvgIpc) is 2.88. The van der Waals surface area contributed by atoms with E-state index in [1.54, 1.807) is 0 Å². The molecule has 9 nitrogen and oxygen atoms in total. The molecule has 0 bridgehead atoms. The summed E-state index contributed by atoms with van der Waals surface area (Å²) in [6.07, 6.45) is -8.48. The number of alkyl halides is 3. The fourth-order valence-corrected chi connectivity index (χ4v) is 5.74. The summed E-state index contributed by atoms with van der Waals surface area (Å²) >= 11 is 0. The van der Waals surface area contributed by atoms with Crippen molar-refractivity contribution in [3.05, 3.63) is 47.8 Å². The second kappa shape index (κ2) is 12.1. The predicted molar refractivity (Wildman–Crippen MR) is 139 cm³/mol. The Hall–Kier alpha value is -3.55. The van der Waals surface area contributed by atoms with Crippen molar-refractivity contribution in [1.29, 1.82) is 0 Å². The third kappa shape index (κ3) is 7.60. The molecule has 0 aromatic heterocycles. The monoisotopic (exact) mass is 605 g/mol. The molecule has 0 fully saturated rings. The van der Waals surface area contributed by atoms with E-state index in [2.05, 4.69) is 4.74 Å². The Balaban J connectivity index is 1.98. The van der Waals surface area contributed by atoms with E-state index in [4.69, 9.17) is 14.2 Å². The van der Waals surface area contributed by atoms with Gasteiger partial charge in [0.25, 0.3) is 10.0 Å². The highest BCUT2D eigenvalue weighted by molar-refractivity contribution is 7.92. The summed E-state index contributed by atoms with van der Waals surface area (Å²) < 4.78 is 103. The van der Waals surface area contributed by atoms with Gasteiger partial charge < -0.3 is 18.9 Å². The smallest absolute Gasteiger partial charge is 0.426 e. The highest BCUT2D eigenvalue weighted by Crippen LogP contribution is 2.40. The van der Waals surface area contributed by atoms with Crippen molar-refractivity contribution < 1.29 is 54.5 Å². The Kier molecular flexibility index (Phi) is 9.46. The van der Waals surface area contributed by atoms with Crippen LogP contribution >= 0.6 is 0 Å². The number of esters is 2. The van der Waals surface area contributed by atoms with Gasteiger partial charge in [-0.05, 0) is 36.2 Å². The van der Waals surface area contributed by atoms with Crippen LogP contribution in [0.5, 0.6) is 11.5 Å². The Labute approximate surface area is 235 Å². The highest BCUT2D eigenvalue weighted by Gasteiger charge is 2.50. The number of anilines is 1. The number of sulfonamides is 1. The Morgan fingerprint density at radius 1 is 1.07 bits per heavy atom. The van der Waals surface area contributed by atoms with E-state index in [1.807, 2.05) is 0 Å². The van der Waals surface area contributed by atoms with Crippen LogP contribution in [0.3, 0.4) is 0 Å². The second-order valence-electron chi connectivity index (χ2n) is 10.4. The van der Waals surface area contributed by atoms with Crippen molar-refractivity contribution in [3.63, 3.8) is 0 Å². The van der Waals surface area contributed by atoms with Crippen molar-refractivity contribution in [1.82, 2.24) is 0 Å². The molecule has 2 aromatic carbocycles. The van der Waals surface area contributed by atoms with Crippen molar-refractivity contribution >= 4 is 27.6 Å². The summed E-state index contributed by atoms with van der Waals surface area (Å²) in [6, 6.07) is 7.06. The van der Waals surface area contributed by atoms with Gasteiger partial charge in [-0.15, -0.1) is 0 Å². The molecule has 1 unspecified atom stereocenters. The standard InChI is InChI=1S/C27H31F4NO8S/c1-26(2,3)25(27(29,30)31)40-24(34)13-16-6-10-21-20(12-16)32(15-17(39-21)7-11-23(33)38-5)41(35,36)18-8-9-19(28)22(14-18)37-4/h6,8-10,12,14,17,25H,7,11,13,15H2,1-5H3/t17-,25?/m0/s1. The van der Waals surface area contributed by atoms with Crippen LogP contribution in [0, 0.1) is 11.2 Å². The third-order valence-electron chi connectivity index (χ3n) is 6.25. The van der Waals surface area contributed by atoms with Gasteiger partial charge in [0.2, 0.25) is 6.10 Å². The summed E-state index contributed by atoms with van der Waals surface area (Å²) in [6.45, 7) is 3.61. The van der Waals surface area contributed by atoms with E-state index in [0.29, 0.717) is 0 Å². The molecule has 226 valence electrons. The first-order valence-electron chi connectivity index (χ1n) is 12.5. The highest BCUT2D eigenvalue weighted by atomic mass is 32.2. The van der Waals surface area contributed by atoms with Crippen molar-refractivity contribution in [2.75, 3.05) is 25.1 Å². The van der Waals surface area contributed by atoms with Crippen LogP contribution in [0.4, 0.5) is 23.2 Å². The first-order chi connectivity index (χ1) is 19.0. The van der Waals surface area contributed by atoms with E-state index < -0.39 is 58.0 Å². The van der Waals surface area contributed by atoms with E-state index in [1.165, 1.54) is 53.2 Å². The van der Waals surface area contributed by atoms with Crippen molar-refractivity contribution in [2.45, 2.75) is 63.3 Å². The first kappa shape index (κ1) is 32.0. The van der Waals surface area contributed by atoms with Crippen LogP contribution in [0.25, 0.3) is 0 Å². The number of carbonyl (C=O) groups excluding carboxylic acids is 2. The molecule has 3 rings (SSSR count). The number of hydrogen-bond acceptors (Lipinski definition) is 8. The molecule has 0 spiro atoms. The third-order valence-corrected chi connectivity index (χ3v) is 8.02. The molecule has 0 saturated carbocycles. The molecule has 0 amide bonds. The van der Waals surface area contributed by atoms with Crippen LogP contribution in [0.2, 0.25) is 0 Å². The fourth-order valence-electron chi connectivity index (χ4n) is 4.23. The number of rotatable bonds is 9. The minimum absolute atomic E-state index is 0.00361. The zero-order valence-corrected chi connectivity index (χ0v) is 23.9. The molecule has 2 aromatic rings. The molecule has 0 radical (unpaired) electrons. The number of methoxy groups -OCH3 is 2. The SMILES string of the molecule is COC(=O)CC[C@H]1CN(S(=O)(=O)c2ccc(F)c(OC)c2)c2cc(CC(=O)OC(C(C)(C)C)C(F)(F)F)ccc2O1. The number of carbonyl (C=O) groups is 2. The summed E-state index contributed by atoms with van der Waals surface area (Å²) in [5.41, 5.74) is -1.26. The van der Waals surface area contributed by atoms with Crippen molar-refractivity contribution in [3.8, 4) is 11.5 Å². The zero-order valence-electron chi connectivity index (χ0n) is 23.1. The van der Waals surface area contributed by atoms with Crippen LogP contribution in [0.1, 0.15) is 39.2 Å². The number of benzene rings is 2. The van der Waals surface area contributed by atoms with Crippen molar-refractivity contribution in [2.24, 2.45) is 5.41 Å². The maximum absolute atomic E-state index is 14.0. The maximum Gasteiger partial charge on any atom is 0.426 e. The van der Waals surface area contributed by atoms with Gasteiger partial charge in [-0.25, -0.2) is 12.8 Å². The minimum Gasteiger partial charge on any atom is -0.494 e. The first-order valence-corrected chi connectivity index (χ1v) is 13.9. The quantitative estimate of drug-likeness (QED) is 0.296. The number of nitrogens with zero attached hydrogens (tertiary/aromatic N) is 1. The topological polar surface area (TPSA) is 108 Å². The van der Waals surface area contributed by atoms with E-state index in [9.17, 15) is 35.6 Å². The normalized spacial score (nSPS) is 16.3. The molecule has 2 atom stereocenters. The lowest BCUT2D eigenvalue weighted by atomic mass is 9.88. The molecule has 0 N–H and O–H groups in total.